The lowest BCUT2D eigenvalue weighted by molar-refractivity contribution is 0.100. The molecule has 0 aliphatic carbocycles. The molecule has 2 aromatic rings. The molecule has 1 amide bonds. The van der Waals surface area contributed by atoms with Gasteiger partial charge in [0.15, 0.2) is 0 Å². The quantitative estimate of drug-likeness (QED) is 0.667. The third kappa shape index (κ3) is 2.31. The van der Waals surface area contributed by atoms with Gasteiger partial charge in [0.05, 0.1) is 5.69 Å². The van der Waals surface area contributed by atoms with Gasteiger partial charge in [0, 0.05) is 11.6 Å². The molecule has 6 heteroatoms. The van der Waals surface area contributed by atoms with Gasteiger partial charge in [0.1, 0.15) is 0 Å². The van der Waals surface area contributed by atoms with Gasteiger partial charge >= 0.3 is 5.69 Å². The number of hydrogen-bond acceptors (Lipinski definition) is 3. The molecule has 0 aliphatic heterocycles. The van der Waals surface area contributed by atoms with Crippen molar-refractivity contribution in [2.75, 3.05) is 0 Å². The van der Waals surface area contributed by atoms with Crippen molar-refractivity contribution < 1.29 is 4.79 Å². The first-order valence-electron chi connectivity index (χ1n) is 4.80. The van der Waals surface area contributed by atoms with Crippen LogP contribution >= 0.6 is 0 Å². The van der Waals surface area contributed by atoms with Crippen molar-refractivity contribution in [2.45, 2.75) is 0 Å². The van der Waals surface area contributed by atoms with E-state index in [4.69, 9.17) is 5.73 Å². The van der Waals surface area contributed by atoms with Crippen LogP contribution in [0.4, 0.5) is 0 Å². The molecule has 4 N–H and O–H groups in total. The van der Waals surface area contributed by atoms with E-state index in [9.17, 15) is 14.4 Å². The van der Waals surface area contributed by atoms with E-state index in [-0.39, 0.29) is 0 Å². The maximum atomic E-state index is 11.1. The lowest BCUT2D eigenvalue weighted by Gasteiger charge is -2.01. The van der Waals surface area contributed by atoms with Crippen LogP contribution in [0, 0.1) is 0 Å². The van der Waals surface area contributed by atoms with Crippen molar-refractivity contribution in [3.05, 3.63) is 56.7 Å². The summed E-state index contributed by atoms with van der Waals surface area (Å²) < 4.78 is 0. The highest BCUT2D eigenvalue weighted by molar-refractivity contribution is 5.93. The van der Waals surface area contributed by atoms with Crippen molar-refractivity contribution >= 4 is 5.91 Å². The molecule has 0 fully saturated rings. The maximum Gasteiger partial charge on any atom is 0.326 e. The molecule has 6 nitrogen and oxygen atoms in total. The van der Waals surface area contributed by atoms with Crippen LogP contribution in [0.5, 0.6) is 0 Å². The minimum atomic E-state index is -0.577. The third-order valence-electron chi connectivity index (χ3n) is 2.24. The largest absolute Gasteiger partial charge is 0.366 e. The summed E-state index contributed by atoms with van der Waals surface area (Å²) >= 11 is 0. The number of rotatable bonds is 2. The zero-order valence-electron chi connectivity index (χ0n) is 8.69. The SMILES string of the molecule is NC(=O)c1ccc(-c2cc(=O)[nH]c(=O)[nH]2)cc1. The van der Waals surface area contributed by atoms with Crippen LogP contribution in [-0.2, 0) is 0 Å². The highest BCUT2D eigenvalue weighted by Gasteiger charge is 2.03. The Bertz CT molecular complexity index is 639. The minimum absolute atomic E-state index is 0.362. The molecule has 0 atom stereocenters. The smallest absolute Gasteiger partial charge is 0.326 e. The number of primary amides is 1. The Morgan fingerprint density at radius 2 is 1.71 bits per heavy atom. The van der Waals surface area contributed by atoms with Crippen LogP contribution in [-0.4, -0.2) is 15.9 Å². The van der Waals surface area contributed by atoms with Crippen molar-refractivity contribution in [1.82, 2.24) is 9.97 Å². The second kappa shape index (κ2) is 4.09. The number of aromatic nitrogens is 2. The number of hydrogen-bond donors (Lipinski definition) is 3. The molecule has 1 aromatic carbocycles. The van der Waals surface area contributed by atoms with Crippen LogP contribution in [0.25, 0.3) is 11.3 Å². The predicted octanol–water partition coefficient (Wildman–Crippen LogP) is -0.171. The number of amides is 1. The number of carbonyl (C=O) groups excluding carboxylic acids is 1. The average molecular weight is 231 g/mol. The minimum Gasteiger partial charge on any atom is -0.366 e. The fourth-order valence-electron chi connectivity index (χ4n) is 1.44. The summed E-state index contributed by atoms with van der Waals surface area (Å²) in [6, 6.07) is 7.52. The third-order valence-corrected chi connectivity index (χ3v) is 2.24. The fourth-order valence-corrected chi connectivity index (χ4v) is 1.44. The van der Waals surface area contributed by atoms with Gasteiger partial charge in [0.2, 0.25) is 5.91 Å². The lowest BCUT2D eigenvalue weighted by Crippen LogP contribution is -2.21. The maximum absolute atomic E-state index is 11.1. The Morgan fingerprint density at radius 3 is 2.24 bits per heavy atom. The number of nitrogens with two attached hydrogens (primary N) is 1. The zero-order chi connectivity index (χ0) is 12.4. The molecule has 1 heterocycles. The molecule has 0 aliphatic rings. The molecule has 2 rings (SSSR count). The van der Waals surface area contributed by atoms with Gasteiger partial charge in [-0.2, -0.15) is 0 Å². The summed E-state index contributed by atoms with van der Waals surface area (Å²) in [5.74, 6) is -0.532. The molecule has 0 radical (unpaired) electrons. The van der Waals surface area contributed by atoms with Gasteiger partial charge in [-0.1, -0.05) is 12.1 Å². The first-order valence-corrected chi connectivity index (χ1v) is 4.80. The molecular formula is C11H9N3O3. The van der Waals surface area contributed by atoms with Crippen molar-refractivity contribution in [1.29, 1.82) is 0 Å². The van der Waals surface area contributed by atoms with E-state index < -0.39 is 17.2 Å². The van der Waals surface area contributed by atoms with E-state index in [1.807, 2.05) is 0 Å². The topological polar surface area (TPSA) is 109 Å². The first-order chi connectivity index (χ1) is 8.06. The average Bonchev–Trinajstić information content (AvgIpc) is 2.28. The first kappa shape index (κ1) is 10.9. The fraction of sp³-hybridized carbons (Fsp3) is 0. The molecule has 17 heavy (non-hydrogen) atoms. The Morgan fingerprint density at radius 1 is 1.06 bits per heavy atom. The summed E-state index contributed by atoms with van der Waals surface area (Å²) in [6.45, 7) is 0. The van der Waals surface area contributed by atoms with Crippen LogP contribution in [0.2, 0.25) is 0 Å². The van der Waals surface area contributed by atoms with E-state index in [1.165, 1.54) is 18.2 Å². The Balaban J connectivity index is 2.50. The molecule has 0 unspecified atom stereocenters. The van der Waals surface area contributed by atoms with E-state index in [0.717, 1.165) is 0 Å². The monoisotopic (exact) mass is 231 g/mol. The summed E-state index contributed by atoms with van der Waals surface area (Å²) in [5.41, 5.74) is 5.41. The molecule has 1 aromatic heterocycles. The van der Waals surface area contributed by atoms with Crippen LogP contribution in [0.1, 0.15) is 10.4 Å². The molecule has 0 bridgehead atoms. The highest BCUT2D eigenvalue weighted by Crippen LogP contribution is 2.14. The number of carbonyl (C=O) groups is 1. The Labute approximate surface area is 95.1 Å². The van der Waals surface area contributed by atoms with E-state index >= 15 is 0 Å². The summed E-state index contributed by atoms with van der Waals surface area (Å²) in [5, 5.41) is 0. The van der Waals surface area contributed by atoms with Gasteiger partial charge in [0.25, 0.3) is 5.56 Å². The van der Waals surface area contributed by atoms with E-state index in [2.05, 4.69) is 9.97 Å². The Hall–Kier alpha value is -2.63. The van der Waals surface area contributed by atoms with E-state index in [0.29, 0.717) is 16.8 Å². The van der Waals surface area contributed by atoms with Gasteiger partial charge < -0.3 is 10.7 Å². The molecule has 0 saturated carbocycles. The lowest BCUT2D eigenvalue weighted by atomic mass is 10.1. The van der Waals surface area contributed by atoms with Crippen molar-refractivity contribution in [3.63, 3.8) is 0 Å². The van der Waals surface area contributed by atoms with Gasteiger partial charge in [-0.25, -0.2) is 4.79 Å². The number of aromatic amines is 2. The number of benzene rings is 1. The molecule has 0 spiro atoms. The standard InChI is InChI=1S/C11H9N3O3/c12-10(16)7-3-1-6(2-4-7)8-5-9(15)14-11(17)13-8/h1-5H,(H2,12,16)(H2,13,14,15,17). The second-order valence-electron chi connectivity index (χ2n) is 3.44. The molecule has 0 saturated heterocycles. The van der Waals surface area contributed by atoms with Crippen LogP contribution in [0.3, 0.4) is 0 Å². The zero-order valence-corrected chi connectivity index (χ0v) is 8.69. The molecular weight excluding hydrogens is 222 g/mol. The van der Waals surface area contributed by atoms with Gasteiger partial charge in [-0.3, -0.25) is 14.6 Å². The normalized spacial score (nSPS) is 10.1. The van der Waals surface area contributed by atoms with Crippen molar-refractivity contribution in [2.24, 2.45) is 5.73 Å². The number of nitrogens with one attached hydrogen (secondary N) is 2. The van der Waals surface area contributed by atoms with Gasteiger partial charge in [-0.15, -0.1) is 0 Å². The summed E-state index contributed by atoms with van der Waals surface area (Å²) in [6.07, 6.45) is 0. The second-order valence-corrected chi connectivity index (χ2v) is 3.44. The number of H-pyrrole nitrogens is 2. The van der Waals surface area contributed by atoms with Gasteiger partial charge in [-0.05, 0) is 17.7 Å². The highest BCUT2D eigenvalue weighted by atomic mass is 16.2. The van der Waals surface area contributed by atoms with Crippen LogP contribution < -0.4 is 17.0 Å². The summed E-state index contributed by atoms with van der Waals surface area (Å²) in [7, 11) is 0. The van der Waals surface area contributed by atoms with Crippen molar-refractivity contribution in [3.8, 4) is 11.3 Å². The molecule has 86 valence electrons. The summed E-state index contributed by atoms with van der Waals surface area (Å²) in [4.78, 5) is 37.6. The van der Waals surface area contributed by atoms with E-state index in [1.54, 1.807) is 12.1 Å². The Kier molecular flexibility index (Phi) is 2.61. The van der Waals surface area contributed by atoms with Crippen LogP contribution in [0.15, 0.2) is 39.9 Å². The predicted molar refractivity (Wildman–Crippen MR) is 61.6 cm³/mol.